The van der Waals surface area contributed by atoms with Crippen LogP contribution in [0.25, 0.3) is 0 Å². The van der Waals surface area contributed by atoms with E-state index in [9.17, 15) is 4.79 Å². The Kier molecular flexibility index (Phi) is 3.52. The van der Waals surface area contributed by atoms with Crippen molar-refractivity contribution in [3.05, 3.63) is 23.3 Å². The maximum atomic E-state index is 11.4. The molecule has 1 aromatic rings. The normalized spacial score (nSPS) is 9.93. The Morgan fingerprint density at radius 2 is 2.21 bits per heavy atom. The molecule has 1 aromatic carbocycles. The maximum Gasteiger partial charge on any atom is 0.173 e. The molecule has 0 heterocycles. The van der Waals surface area contributed by atoms with Crippen molar-refractivity contribution in [3.8, 4) is 5.75 Å². The molecule has 0 unspecified atom stereocenters. The number of carbonyl (C=O) groups is 1. The predicted molar refractivity (Wildman–Crippen MR) is 60.3 cm³/mol. The summed E-state index contributed by atoms with van der Waals surface area (Å²) in [4.78, 5) is 11.4. The number of hydrogen-bond acceptors (Lipinski definition) is 3. The van der Waals surface area contributed by atoms with Crippen LogP contribution < -0.4 is 10.5 Å². The summed E-state index contributed by atoms with van der Waals surface area (Å²) in [6.07, 6.45) is 0. The van der Waals surface area contributed by atoms with E-state index in [0.717, 1.165) is 5.56 Å². The standard InChI is InChI=1S/C10H12BrNO2/c1-6-3-10(14-2)8(12)4-7(6)9(13)5-11/h3-4H,5,12H2,1-2H3. The minimum atomic E-state index is 0.0249. The molecule has 2 N–H and O–H groups in total. The van der Waals surface area contributed by atoms with Gasteiger partial charge in [0, 0.05) is 5.56 Å². The van der Waals surface area contributed by atoms with Gasteiger partial charge in [-0.1, -0.05) is 15.9 Å². The van der Waals surface area contributed by atoms with Crippen LogP contribution in [0.1, 0.15) is 15.9 Å². The molecule has 0 aliphatic heterocycles. The van der Waals surface area contributed by atoms with Gasteiger partial charge in [0.05, 0.1) is 18.1 Å². The molecule has 0 atom stereocenters. The second kappa shape index (κ2) is 4.46. The lowest BCUT2D eigenvalue weighted by atomic mass is 10.0. The molecule has 1 rings (SSSR count). The number of halogens is 1. The molecule has 4 heteroatoms. The predicted octanol–water partition coefficient (Wildman–Crippen LogP) is 2.16. The van der Waals surface area contributed by atoms with Gasteiger partial charge in [-0.3, -0.25) is 4.79 Å². The summed E-state index contributed by atoms with van der Waals surface area (Å²) < 4.78 is 5.05. The van der Waals surface area contributed by atoms with Crippen LogP contribution in [0.2, 0.25) is 0 Å². The van der Waals surface area contributed by atoms with Crippen LogP contribution >= 0.6 is 15.9 Å². The second-order valence-electron chi connectivity index (χ2n) is 2.97. The van der Waals surface area contributed by atoms with Crippen LogP contribution in [0.15, 0.2) is 12.1 Å². The zero-order valence-electron chi connectivity index (χ0n) is 8.13. The van der Waals surface area contributed by atoms with Gasteiger partial charge in [-0.05, 0) is 24.6 Å². The fourth-order valence-electron chi connectivity index (χ4n) is 1.25. The van der Waals surface area contributed by atoms with Crippen LogP contribution in [0.3, 0.4) is 0 Å². The van der Waals surface area contributed by atoms with E-state index in [2.05, 4.69) is 15.9 Å². The smallest absolute Gasteiger partial charge is 0.173 e. The fourth-order valence-corrected chi connectivity index (χ4v) is 1.55. The monoisotopic (exact) mass is 257 g/mol. The Bertz CT molecular complexity index is 363. The first-order valence-electron chi connectivity index (χ1n) is 4.13. The number of nitrogens with two attached hydrogens (primary N) is 1. The minimum absolute atomic E-state index is 0.0249. The van der Waals surface area contributed by atoms with E-state index >= 15 is 0 Å². The van der Waals surface area contributed by atoms with Crippen molar-refractivity contribution in [3.63, 3.8) is 0 Å². The summed E-state index contributed by atoms with van der Waals surface area (Å²) in [6, 6.07) is 3.42. The summed E-state index contributed by atoms with van der Waals surface area (Å²) in [7, 11) is 1.55. The van der Waals surface area contributed by atoms with Gasteiger partial charge in [0.25, 0.3) is 0 Å². The molecule has 0 aromatic heterocycles. The number of aryl methyl sites for hydroxylation is 1. The third-order valence-corrected chi connectivity index (χ3v) is 2.51. The van der Waals surface area contributed by atoms with Crippen LogP contribution in [0, 0.1) is 6.92 Å². The molecule has 14 heavy (non-hydrogen) atoms. The molecular formula is C10H12BrNO2. The van der Waals surface area contributed by atoms with E-state index in [1.165, 1.54) is 0 Å². The number of ether oxygens (including phenoxy) is 1. The highest BCUT2D eigenvalue weighted by Gasteiger charge is 2.10. The minimum Gasteiger partial charge on any atom is -0.495 e. The van der Waals surface area contributed by atoms with E-state index in [1.807, 2.05) is 6.92 Å². The van der Waals surface area contributed by atoms with E-state index < -0.39 is 0 Å². The molecular weight excluding hydrogens is 246 g/mol. The van der Waals surface area contributed by atoms with Gasteiger partial charge in [0.2, 0.25) is 0 Å². The second-order valence-corrected chi connectivity index (χ2v) is 3.53. The number of hydrogen-bond donors (Lipinski definition) is 1. The van der Waals surface area contributed by atoms with E-state index in [0.29, 0.717) is 22.3 Å². The third kappa shape index (κ3) is 2.07. The lowest BCUT2D eigenvalue weighted by Crippen LogP contribution is -2.05. The zero-order valence-corrected chi connectivity index (χ0v) is 9.72. The Hall–Kier alpha value is -1.03. The summed E-state index contributed by atoms with van der Waals surface area (Å²) in [5, 5.41) is 0.305. The number of carbonyl (C=O) groups excluding carboxylic acids is 1. The van der Waals surface area contributed by atoms with Crippen LogP contribution in [0.5, 0.6) is 5.75 Å². The van der Waals surface area contributed by atoms with E-state index in [1.54, 1.807) is 19.2 Å². The lowest BCUT2D eigenvalue weighted by Gasteiger charge is -2.09. The maximum absolute atomic E-state index is 11.4. The van der Waals surface area contributed by atoms with Crippen LogP contribution in [-0.4, -0.2) is 18.2 Å². The summed E-state index contributed by atoms with van der Waals surface area (Å²) >= 11 is 3.12. The number of ketones is 1. The number of anilines is 1. The van der Waals surface area contributed by atoms with Gasteiger partial charge in [-0.15, -0.1) is 0 Å². The van der Waals surface area contributed by atoms with Gasteiger partial charge in [0.1, 0.15) is 5.75 Å². The first kappa shape index (κ1) is 11.0. The number of Topliss-reactive ketones (excluding diaryl/α,β-unsaturated/α-hetero) is 1. The Labute approximate surface area is 91.4 Å². The molecule has 0 fully saturated rings. The Morgan fingerprint density at radius 1 is 1.57 bits per heavy atom. The quantitative estimate of drug-likeness (QED) is 0.513. The molecule has 0 radical (unpaired) electrons. The molecule has 76 valence electrons. The average molecular weight is 258 g/mol. The number of benzene rings is 1. The first-order chi connectivity index (χ1) is 6.60. The van der Waals surface area contributed by atoms with Crippen molar-refractivity contribution in [2.24, 2.45) is 0 Å². The molecule has 0 amide bonds. The van der Waals surface area contributed by atoms with Crippen molar-refractivity contribution in [2.75, 3.05) is 18.2 Å². The van der Waals surface area contributed by atoms with Crippen molar-refractivity contribution >= 4 is 27.4 Å². The fraction of sp³-hybridized carbons (Fsp3) is 0.300. The highest BCUT2D eigenvalue weighted by Crippen LogP contribution is 2.25. The molecule has 0 saturated heterocycles. The van der Waals surface area contributed by atoms with E-state index in [4.69, 9.17) is 10.5 Å². The molecule has 0 saturated carbocycles. The summed E-state index contributed by atoms with van der Waals surface area (Å²) in [6.45, 7) is 1.86. The van der Waals surface area contributed by atoms with Crippen molar-refractivity contribution in [1.29, 1.82) is 0 Å². The van der Waals surface area contributed by atoms with Crippen molar-refractivity contribution < 1.29 is 9.53 Å². The zero-order chi connectivity index (χ0) is 10.7. The first-order valence-corrected chi connectivity index (χ1v) is 5.25. The van der Waals surface area contributed by atoms with Gasteiger partial charge in [-0.25, -0.2) is 0 Å². The van der Waals surface area contributed by atoms with Gasteiger partial charge >= 0.3 is 0 Å². The molecule has 0 bridgehead atoms. The van der Waals surface area contributed by atoms with Gasteiger partial charge in [0.15, 0.2) is 5.78 Å². The Morgan fingerprint density at radius 3 is 2.71 bits per heavy atom. The SMILES string of the molecule is COc1cc(C)c(C(=O)CBr)cc1N. The van der Waals surface area contributed by atoms with Gasteiger partial charge in [-0.2, -0.15) is 0 Å². The Balaban J connectivity index is 3.21. The van der Waals surface area contributed by atoms with Gasteiger partial charge < -0.3 is 10.5 Å². The number of nitrogen functional groups attached to an aromatic ring is 1. The average Bonchev–Trinajstić information content (AvgIpc) is 2.19. The van der Waals surface area contributed by atoms with Crippen LogP contribution in [-0.2, 0) is 0 Å². The van der Waals surface area contributed by atoms with Crippen molar-refractivity contribution in [1.82, 2.24) is 0 Å². The molecule has 0 aliphatic carbocycles. The molecule has 0 spiro atoms. The number of methoxy groups -OCH3 is 1. The number of rotatable bonds is 3. The lowest BCUT2D eigenvalue weighted by molar-refractivity contribution is 0.102. The van der Waals surface area contributed by atoms with E-state index in [-0.39, 0.29) is 5.78 Å². The summed E-state index contributed by atoms with van der Waals surface area (Å²) in [5.41, 5.74) is 7.70. The third-order valence-electron chi connectivity index (χ3n) is 2.00. The largest absolute Gasteiger partial charge is 0.495 e. The summed E-state index contributed by atoms with van der Waals surface area (Å²) in [5.74, 6) is 0.630. The number of alkyl halides is 1. The molecule has 0 aliphatic rings. The topological polar surface area (TPSA) is 52.3 Å². The molecule has 3 nitrogen and oxygen atoms in total. The highest BCUT2D eigenvalue weighted by molar-refractivity contribution is 9.09. The van der Waals surface area contributed by atoms with Crippen molar-refractivity contribution in [2.45, 2.75) is 6.92 Å². The van der Waals surface area contributed by atoms with Crippen LogP contribution in [0.4, 0.5) is 5.69 Å². The highest BCUT2D eigenvalue weighted by atomic mass is 79.9.